The standard InChI is InChI=1S/C22H20FN3OS2/c1-15-9-11-16(12-10-15)24-22(28)25-17-5-4-6-18(13-17)29-14-21(27)26-20-8-3-2-7-19(20)23/h2-13H,14H2,1H3,(H,26,27)(H2,24,25,28). The van der Waals surface area contributed by atoms with Crippen LogP contribution < -0.4 is 16.0 Å². The van der Waals surface area contributed by atoms with E-state index < -0.39 is 5.82 Å². The molecule has 0 unspecified atom stereocenters. The second-order valence-corrected chi connectivity index (χ2v) is 7.75. The van der Waals surface area contributed by atoms with E-state index in [1.807, 2.05) is 55.5 Å². The molecule has 3 aromatic rings. The first-order chi connectivity index (χ1) is 14.0. The van der Waals surface area contributed by atoms with E-state index in [0.29, 0.717) is 5.11 Å². The van der Waals surface area contributed by atoms with Crippen LogP contribution in [0, 0.1) is 12.7 Å². The molecule has 1 amide bonds. The van der Waals surface area contributed by atoms with Gasteiger partial charge in [0, 0.05) is 16.3 Å². The van der Waals surface area contributed by atoms with Gasteiger partial charge in [0.25, 0.3) is 0 Å². The highest BCUT2D eigenvalue weighted by atomic mass is 32.2. The minimum absolute atomic E-state index is 0.170. The van der Waals surface area contributed by atoms with Crippen LogP contribution in [-0.4, -0.2) is 16.8 Å². The van der Waals surface area contributed by atoms with Gasteiger partial charge in [-0.2, -0.15) is 0 Å². The molecule has 3 aromatic carbocycles. The van der Waals surface area contributed by atoms with Gasteiger partial charge >= 0.3 is 0 Å². The van der Waals surface area contributed by atoms with Gasteiger partial charge in [0.2, 0.25) is 5.91 Å². The molecule has 3 rings (SSSR count). The average molecular weight is 426 g/mol. The molecule has 0 heterocycles. The number of anilines is 3. The quantitative estimate of drug-likeness (QED) is 0.351. The Labute approximate surface area is 178 Å². The summed E-state index contributed by atoms with van der Waals surface area (Å²) in [4.78, 5) is 13.0. The first-order valence-electron chi connectivity index (χ1n) is 8.91. The number of hydrogen-bond donors (Lipinski definition) is 3. The maximum absolute atomic E-state index is 13.6. The fourth-order valence-corrected chi connectivity index (χ4v) is 3.48. The van der Waals surface area contributed by atoms with Crippen molar-refractivity contribution in [2.24, 2.45) is 0 Å². The number of halogens is 1. The predicted octanol–water partition coefficient (Wildman–Crippen LogP) is 5.67. The SMILES string of the molecule is Cc1ccc(NC(=S)Nc2cccc(SCC(=O)Nc3ccccc3F)c2)cc1. The lowest BCUT2D eigenvalue weighted by Crippen LogP contribution is -2.19. The lowest BCUT2D eigenvalue weighted by atomic mass is 10.2. The number of aryl methyl sites for hydroxylation is 1. The van der Waals surface area contributed by atoms with Crippen molar-refractivity contribution in [1.82, 2.24) is 0 Å². The van der Waals surface area contributed by atoms with Gasteiger partial charge in [-0.25, -0.2) is 4.39 Å². The van der Waals surface area contributed by atoms with Crippen molar-refractivity contribution in [3.63, 3.8) is 0 Å². The fourth-order valence-electron chi connectivity index (χ4n) is 2.49. The molecule has 3 N–H and O–H groups in total. The van der Waals surface area contributed by atoms with Crippen LogP contribution in [0.15, 0.2) is 77.7 Å². The molecule has 0 spiro atoms. The molecule has 7 heteroatoms. The smallest absolute Gasteiger partial charge is 0.234 e. The Morgan fingerprint density at radius 1 is 0.931 bits per heavy atom. The summed E-state index contributed by atoms with van der Waals surface area (Å²) in [6.07, 6.45) is 0. The molecule has 0 saturated carbocycles. The summed E-state index contributed by atoms with van der Waals surface area (Å²) in [6, 6.07) is 21.6. The maximum atomic E-state index is 13.6. The minimum atomic E-state index is -0.452. The molecule has 0 bridgehead atoms. The van der Waals surface area contributed by atoms with Crippen LogP contribution in [0.4, 0.5) is 21.5 Å². The number of hydrogen-bond acceptors (Lipinski definition) is 3. The van der Waals surface area contributed by atoms with E-state index in [2.05, 4.69) is 16.0 Å². The molecule has 0 atom stereocenters. The zero-order valence-electron chi connectivity index (χ0n) is 15.7. The van der Waals surface area contributed by atoms with Crippen LogP contribution in [-0.2, 0) is 4.79 Å². The van der Waals surface area contributed by atoms with E-state index in [-0.39, 0.29) is 17.3 Å². The highest BCUT2D eigenvalue weighted by Crippen LogP contribution is 2.22. The van der Waals surface area contributed by atoms with Gasteiger partial charge in [0.1, 0.15) is 5.82 Å². The fraction of sp³-hybridized carbons (Fsp3) is 0.0909. The number of para-hydroxylation sites is 1. The Morgan fingerprint density at radius 3 is 2.41 bits per heavy atom. The number of carbonyl (C=O) groups is 1. The summed E-state index contributed by atoms with van der Waals surface area (Å²) >= 11 is 6.72. The minimum Gasteiger partial charge on any atom is -0.332 e. The van der Waals surface area contributed by atoms with E-state index >= 15 is 0 Å². The second-order valence-electron chi connectivity index (χ2n) is 6.29. The second kappa shape index (κ2) is 10.0. The van der Waals surface area contributed by atoms with Gasteiger partial charge in [0.15, 0.2) is 5.11 Å². The van der Waals surface area contributed by atoms with Crippen LogP contribution >= 0.6 is 24.0 Å². The highest BCUT2D eigenvalue weighted by Gasteiger charge is 2.08. The van der Waals surface area contributed by atoms with Crippen molar-refractivity contribution in [2.75, 3.05) is 21.7 Å². The molecule has 29 heavy (non-hydrogen) atoms. The molecule has 0 saturated heterocycles. The van der Waals surface area contributed by atoms with Crippen LogP contribution in [0.3, 0.4) is 0 Å². The molecule has 4 nitrogen and oxygen atoms in total. The number of carbonyl (C=O) groups excluding carboxylic acids is 1. The number of benzene rings is 3. The third kappa shape index (κ3) is 6.58. The van der Waals surface area contributed by atoms with Gasteiger partial charge in [-0.1, -0.05) is 35.9 Å². The lowest BCUT2D eigenvalue weighted by Gasteiger charge is -2.12. The number of thiocarbonyl (C=S) groups is 1. The van der Waals surface area contributed by atoms with Gasteiger partial charge in [0.05, 0.1) is 11.4 Å². The first kappa shape index (κ1) is 20.8. The van der Waals surface area contributed by atoms with Gasteiger partial charge in [-0.15, -0.1) is 11.8 Å². The Bertz CT molecular complexity index is 1010. The molecule has 0 radical (unpaired) electrons. The Morgan fingerprint density at radius 2 is 1.66 bits per heavy atom. The molecule has 0 aliphatic carbocycles. The molecular weight excluding hydrogens is 405 g/mol. The van der Waals surface area contributed by atoms with Crippen LogP contribution in [0.2, 0.25) is 0 Å². The van der Waals surface area contributed by atoms with Gasteiger partial charge in [-0.3, -0.25) is 4.79 Å². The van der Waals surface area contributed by atoms with E-state index in [9.17, 15) is 9.18 Å². The first-order valence-corrected chi connectivity index (χ1v) is 10.3. The highest BCUT2D eigenvalue weighted by molar-refractivity contribution is 8.00. The van der Waals surface area contributed by atoms with E-state index in [1.165, 1.54) is 29.5 Å². The van der Waals surface area contributed by atoms with Crippen molar-refractivity contribution in [3.8, 4) is 0 Å². The average Bonchev–Trinajstić information content (AvgIpc) is 2.70. The Kier molecular flexibility index (Phi) is 7.21. The van der Waals surface area contributed by atoms with Crippen LogP contribution in [0.5, 0.6) is 0 Å². The van der Waals surface area contributed by atoms with Crippen molar-refractivity contribution in [3.05, 3.63) is 84.2 Å². The van der Waals surface area contributed by atoms with E-state index in [0.717, 1.165) is 16.3 Å². The Balaban J connectivity index is 1.52. The number of nitrogens with one attached hydrogen (secondary N) is 3. The van der Waals surface area contributed by atoms with Crippen molar-refractivity contribution in [1.29, 1.82) is 0 Å². The van der Waals surface area contributed by atoms with Gasteiger partial charge in [-0.05, 0) is 61.6 Å². The summed E-state index contributed by atoms with van der Waals surface area (Å²) in [5, 5.41) is 9.33. The molecule has 0 fully saturated rings. The topological polar surface area (TPSA) is 53.2 Å². The third-order valence-corrected chi connectivity index (χ3v) is 5.12. The third-order valence-electron chi connectivity index (χ3n) is 3.92. The van der Waals surface area contributed by atoms with E-state index in [4.69, 9.17) is 12.2 Å². The van der Waals surface area contributed by atoms with Crippen LogP contribution in [0.1, 0.15) is 5.56 Å². The normalized spacial score (nSPS) is 10.3. The summed E-state index contributed by atoms with van der Waals surface area (Å²) < 4.78 is 13.6. The summed E-state index contributed by atoms with van der Waals surface area (Å²) in [5.74, 6) is -0.550. The zero-order valence-corrected chi connectivity index (χ0v) is 17.4. The maximum Gasteiger partial charge on any atom is 0.234 e. The summed E-state index contributed by atoms with van der Waals surface area (Å²) in [6.45, 7) is 2.03. The molecule has 0 aliphatic rings. The summed E-state index contributed by atoms with van der Waals surface area (Å²) in [7, 11) is 0. The number of thioether (sulfide) groups is 1. The predicted molar refractivity (Wildman–Crippen MR) is 123 cm³/mol. The Hall–Kier alpha value is -2.90. The largest absolute Gasteiger partial charge is 0.332 e. The zero-order chi connectivity index (χ0) is 20.6. The number of rotatable bonds is 6. The molecule has 0 aromatic heterocycles. The lowest BCUT2D eigenvalue weighted by molar-refractivity contribution is -0.113. The summed E-state index contributed by atoms with van der Waals surface area (Å²) in [5.41, 5.74) is 3.08. The van der Waals surface area contributed by atoms with Crippen LogP contribution in [0.25, 0.3) is 0 Å². The van der Waals surface area contributed by atoms with Crippen molar-refractivity contribution in [2.45, 2.75) is 11.8 Å². The monoisotopic (exact) mass is 425 g/mol. The molecular formula is C22H20FN3OS2. The number of amides is 1. The molecule has 148 valence electrons. The van der Waals surface area contributed by atoms with Gasteiger partial charge < -0.3 is 16.0 Å². The molecule has 0 aliphatic heterocycles. The van der Waals surface area contributed by atoms with Crippen molar-refractivity contribution < 1.29 is 9.18 Å². The van der Waals surface area contributed by atoms with E-state index in [1.54, 1.807) is 12.1 Å². The van der Waals surface area contributed by atoms with Crippen molar-refractivity contribution >= 4 is 52.1 Å².